The molecule has 0 saturated carbocycles. The molecule has 0 aliphatic carbocycles. The van der Waals surface area contributed by atoms with Crippen molar-refractivity contribution < 1.29 is 9.53 Å². The van der Waals surface area contributed by atoms with Crippen LogP contribution in [0.1, 0.15) is 144 Å². The number of alkyl carbamates (subject to hydrolysis) is 1. The van der Waals surface area contributed by atoms with Crippen molar-refractivity contribution in [3.05, 3.63) is 140 Å². The van der Waals surface area contributed by atoms with Gasteiger partial charge in [-0.3, -0.25) is 0 Å². The number of carbonyl (C=O) groups is 1. The molecule has 0 aromatic heterocycles. The SMILES string of the molecule is CC(C)(C)OC(=O)NCc1ccc(Cl)cc1.CC(C)[Si](C#Cc1ccc(CN)cc1)(C(C)C)C(C)C.CCc1ccc(C#C[Si](C(C)C)(C(C)C)C(C)C)cc1.NCc1ccc(Cl)cc1. The molecule has 0 saturated heterocycles. The molecule has 1 amide bonds. The number of hydrogen-bond acceptors (Lipinski definition) is 4. The highest BCUT2D eigenvalue weighted by Gasteiger charge is 2.42. The van der Waals surface area contributed by atoms with Gasteiger partial charge in [-0.1, -0.05) is 174 Å². The Hall–Kier alpha value is -3.80. The molecular formula is C56H83Cl2N3O2Si2. The van der Waals surface area contributed by atoms with Crippen molar-refractivity contribution in [1.82, 2.24) is 5.32 Å². The predicted molar refractivity (Wildman–Crippen MR) is 290 cm³/mol. The van der Waals surface area contributed by atoms with Gasteiger partial charge < -0.3 is 21.5 Å². The largest absolute Gasteiger partial charge is 0.444 e. The van der Waals surface area contributed by atoms with E-state index in [1.807, 2.05) is 57.2 Å². The molecule has 4 aromatic rings. The zero-order valence-electron chi connectivity index (χ0n) is 42.8. The van der Waals surface area contributed by atoms with Crippen LogP contribution in [-0.4, -0.2) is 27.8 Å². The molecule has 5 N–H and O–H groups in total. The normalized spacial score (nSPS) is 11.4. The van der Waals surface area contributed by atoms with Crippen molar-refractivity contribution in [2.75, 3.05) is 0 Å². The van der Waals surface area contributed by atoms with Crippen LogP contribution in [0.2, 0.25) is 43.3 Å². The average Bonchev–Trinajstić information content (AvgIpc) is 3.24. The fourth-order valence-electron chi connectivity index (χ4n) is 8.49. The number of rotatable bonds is 11. The van der Waals surface area contributed by atoms with E-state index in [1.165, 1.54) is 11.1 Å². The van der Waals surface area contributed by atoms with Gasteiger partial charge in [0.05, 0.1) is 0 Å². The topological polar surface area (TPSA) is 90.4 Å². The minimum absolute atomic E-state index is 0.414. The van der Waals surface area contributed by atoms with E-state index < -0.39 is 27.8 Å². The molecule has 9 heteroatoms. The number of hydrogen-bond donors (Lipinski definition) is 3. The number of carbonyl (C=O) groups excluding carboxylic acids is 1. The summed E-state index contributed by atoms with van der Waals surface area (Å²) in [5.41, 5.74) is 29.1. The van der Waals surface area contributed by atoms with Crippen molar-refractivity contribution in [2.24, 2.45) is 11.5 Å². The molecule has 0 bridgehead atoms. The molecule has 0 radical (unpaired) electrons. The summed E-state index contributed by atoms with van der Waals surface area (Å²) in [6.45, 7) is 37.5. The first-order valence-corrected chi connectivity index (χ1v) is 28.7. The quantitative estimate of drug-likeness (QED) is 0.103. The van der Waals surface area contributed by atoms with Crippen LogP contribution in [-0.2, 0) is 30.8 Å². The molecule has 65 heavy (non-hydrogen) atoms. The third-order valence-corrected chi connectivity index (χ3v) is 25.1. The second-order valence-electron chi connectivity index (χ2n) is 19.6. The average molecular weight is 957 g/mol. The Bertz CT molecular complexity index is 1950. The number of halogens is 2. The summed E-state index contributed by atoms with van der Waals surface area (Å²) in [4.78, 5) is 11.3. The van der Waals surface area contributed by atoms with Gasteiger partial charge in [-0.15, -0.1) is 11.1 Å². The highest BCUT2D eigenvalue weighted by Crippen LogP contribution is 2.42. The Kier molecular flexibility index (Phi) is 26.5. The van der Waals surface area contributed by atoms with E-state index >= 15 is 0 Å². The van der Waals surface area contributed by atoms with Crippen LogP contribution in [0, 0.1) is 22.9 Å². The third kappa shape index (κ3) is 20.3. The van der Waals surface area contributed by atoms with E-state index in [0.717, 1.165) is 33.7 Å². The molecule has 5 nitrogen and oxygen atoms in total. The smallest absolute Gasteiger partial charge is 0.407 e. The van der Waals surface area contributed by atoms with E-state index in [4.69, 9.17) is 39.4 Å². The van der Waals surface area contributed by atoms with Crippen LogP contribution in [0.15, 0.2) is 97.1 Å². The number of aryl methyl sites for hydroxylation is 1. The van der Waals surface area contributed by atoms with Crippen LogP contribution >= 0.6 is 23.2 Å². The highest BCUT2D eigenvalue weighted by molar-refractivity contribution is 6.91. The maximum atomic E-state index is 11.3. The molecule has 4 rings (SSSR count). The second-order valence-corrected chi connectivity index (χ2v) is 31.6. The first kappa shape index (κ1) is 59.2. The number of ether oxygens (including phenoxy) is 1. The lowest BCUT2D eigenvalue weighted by Gasteiger charge is -2.38. The fourth-order valence-corrected chi connectivity index (χ4v) is 19.2. The zero-order valence-corrected chi connectivity index (χ0v) is 46.3. The Morgan fingerprint density at radius 3 is 1.11 bits per heavy atom. The van der Waals surface area contributed by atoms with Gasteiger partial charge in [0.15, 0.2) is 0 Å². The lowest BCUT2D eigenvalue weighted by Crippen LogP contribution is -2.43. The summed E-state index contributed by atoms with van der Waals surface area (Å²) in [7, 11) is -3.21. The van der Waals surface area contributed by atoms with Gasteiger partial charge >= 0.3 is 6.09 Å². The molecule has 0 spiro atoms. The summed E-state index contributed by atoms with van der Waals surface area (Å²) in [5.74, 6) is 6.94. The maximum absolute atomic E-state index is 11.3. The summed E-state index contributed by atoms with van der Waals surface area (Å²) >= 11 is 11.4. The molecule has 0 fully saturated rings. The number of benzene rings is 4. The lowest BCUT2D eigenvalue weighted by atomic mass is 10.1. The monoisotopic (exact) mass is 956 g/mol. The van der Waals surface area contributed by atoms with Gasteiger partial charge in [-0.25, -0.2) is 4.79 Å². The third-order valence-electron chi connectivity index (χ3n) is 12.0. The molecule has 356 valence electrons. The second kappa shape index (κ2) is 29.1. The van der Waals surface area contributed by atoms with E-state index in [1.54, 1.807) is 12.1 Å². The molecule has 0 atom stereocenters. The number of nitrogens with two attached hydrogens (primary N) is 2. The van der Waals surface area contributed by atoms with Gasteiger partial charge in [0, 0.05) is 40.8 Å². The van der Waals surface area contributed by atoms with E-state index in [0.29, 0.717) is 57.9 Å². The maximum Gasteiger partial charge on any atom is 0.407 e. The van der Waals surface area contributed by atoms with E-state index in [2.05, 4.69) is 167 Å². The first-order valence-electron chi connectivity index (χ1n) is 23.5. The van der Waals surface area contributed by atoms with E-state index in [-0.39, 0.29) is 0 Å². The zero-order chi connectivity index (χ0) is 49.5. The predicted octanol–water partition coefficient (Wildman–Crippen LogP) is 15.7. The fraction of sp³-hybridized carbons (Fsp3) is 0.482. The van der Waals surface area contributed by atoms with Crippen molar-refractivity contribution in [1.29, 1.82) is 0 Å². The minimum atomic E-state index is -1.62. The summed E-state index contributed by atoms with van der Waals surface area (Å²) in [5, 5.41) is 4.11. The van der Waals surface area contributed by atoms with Crippen molar-refractivity contribution >= 4 is 45.4 Å². The van der Waals surface area contributed by atoms with Crippen molar-refractivity contribution in [3.63, 3.8) is 0 Å². The number of nitrogens with one attached hydrogen (secondary N) is 1. The molecule has 4 aromatic carbocycles. The summed E-state index contributed by atoms with van der Waals surface area (Å²) in [6, 6.07) is 31.9. The van der Waals surface area contributed by atoms with Gasteiger partial charge in [-0.05, 0) is 131 Å². The molecular weight excluding hydrogens is 874 g/mol. The Morgan fingerprint density at radius 1 is 0.538 bits per heavy atom. The number of amides is 1. The van der Waals surface area contributed by atoms with Gasteiger partial charge in [0.2, 0.25) is 0 Å². The Morgan fingerprint density at radius 2 is 0.831 bits per heavy atom. The van der Waals surface area contributed by atoms with Gasteiger partial charge in [0.1, 0.15) is 21.7 Å². The highest BCUT2D eigenvalue weighted by atomic mass is 35.5. The van der Waals surface area contributed by atoms with Gasteiger partial charge in [-0.2, -0.15) is 0 Å². The van der Waals surface area contributed by atoms with Crippen LogP contribution < -0.4 is 16.8 Å². The van der Waals surface area contributed by atoms with Gasteiger partial charge in [0.25, 0.3) is 0 Å². The Labute approximate surface area is 408 Å². The van der Waals surface area contributed by atoms with Crippen LogP contribution in [0.4, 0.5) is 4.79 Å². The van der Waals surface area contributed by atoms with E-state index in [9.17, 15) is 4.79 Å². The van der Waals surface area contributed by atoms with Crippen molar-refractivity contribution in [3.8, 4) is 22.9 Å². The summed E-state index contributed by atoms with van der Waals surface area (Å²) in [6.07, 6.45) is 0.679. The van der Waals surface area contributed by atoms with Crippen LogP contribution in [0.25, 0.3) is 0 Å². The lowest BCUT2D eigenvalue weighted by molar-refractivity contribution is 0.0523. The van der Waals surface area contributed by atoms with Crippen LogP contribution in [0.3, 0.4) is 0 Å². The van der Waals surface area contributed by atoms with Crippen molar-refractivity contribution in [2.45, 2.75) is 176 Å². The summed E-state index contributed by atoms with van der Waals surface area (Å²) < 4.78 is 5.11. The first-order chi connectivity index (χ1) is 30.4. The molecule has 0 heterocycles. The standard InChI is InChI=1S/C19H30Si.C18H29NSi.C12H16ClNO2.C7H8ClN/c1-8-18-9-11-19(12-10-18)13-14-20(15(2)3,16(4)5)17(6)7;1-14(2)20(15(3)4,16(5)6)12-11-17-7-9-18(13-19)10-8-17;1-12(2,3)16-11(15)14-8-9-4-6-10(13)7-5-9;8-7-3-1-6(5-9)2-4-7/h9-12,15-17H,8H2,1-7H3;7-10,14-16H,13,19H2,1-6H3;4-7H,8H2,1-3H3,(H,14,15);1-4H,5,9H2. The molecule has 0 unspecified atom stereocenters. The Balaban J connectivity index is 0.000000447. The molecule has 0 aliphatic rings. The van der Waals surface area contributed by atoms with Crippen LogP contribution in [0.5, 0.6) is 0 Å². The minimum Gasteiger partial charge on any atom is -0.444 e. The molecule has 0 aliphatic heterocycles.